The highest BCUT2D eigenvalue weighted by Crippen LogP contribution is 2.64. The van der Waals surface area contributed by atoms with E-state index >= 15 is 0 Å². The zero-order chi connectivity index (χ0) is 12.1. The SMILES string of the molecule is CC1(C)C(C(=O)O)C1c1cc(F)cc(F)c1. The summed E-state index contributed by atoms with van der Waals surface area (Å²) in [6.07, 6.45) is 0. The van der Waals surface area contributed by atoms with Crippen LogP contribution in [0.2, 0.25) is 0 Å². The summed E-state index contributed by atoms with van der Waals surface area (Å²) in [7, 11) is 0. The van der Waals surface area contributed by atoms with Crippen LogP contribution in [0.1, 0.15) is 25.3 Å². The summed E-state index contributed by atoms with van der Waals surface area (Å²) in [6, 6.07) is 3.20. The first-order valence-electron chi connectivity index (χ1n) is 5.03. The van der Waals surface area contributed by atoms with Gasteiger partial charge in [-0.15, -0.1) is 0 Å². The third-order valence-electron chi connectivity index (χ3n) is 3.34. The van der Waals surface area contributed by atoms with Crippen LogP contribution in [0.3, 0.4) is 0 Å². The maximum Gasteiger partial charge on any atom is 0.307 e. The molecule has 0 radical (unpaired) electrons. The minimum atomic E-state index is -0.917. The van der Waals surface area contributed by atoms with Gasteiger partial charge in [0.25, 0.3) is 0 Å². The van der Waals surface area contributed by atoms with Crippen molar-refractivity contribution in [1.82, 2.24) is 0 Å². The lowest BCUT2D eigenvalue weighted by atomic mass is 10.0. The fourth-order valence-electron chi connectivity index (χ4n) is 2.48. The summed E-state index contributed by atoms with van der Waals surface area (Å²) in [5.74, 6) is -3.12. The Morgan fingerprint density at radius 2 is 1.75 bits per heavy atom. The van der Waals surface area contributed by atoms with Gasteiger partial charge in [-0.3, -0.25) is 4.79 Å². The number of carboxylic acids is 1. The molecule has 0 bridgehead atoms. The molecule has 1 aliphatic rings. The first-order valence-corrected chi connectivity index (χ1v) is 5.03. The van der Waals surface area contributed by atoms with Crippen LogP contribution in [0.25, 0.3) is 0 Å². The molecule has 16 heavy (non-hydrogen) atoms. The van der Waals surface area contributed by atoms with Crippen molar-refractivity contribution in [2.24, 2.45) is 11.3 Å². The van der Waals surface area contributed by atoms with Crippen molar-refractivity contribution in [3.05, 3.63) is 35.4 Å². The van der Waals surface area contributed by atoms with E-state index in [4.69, 9.17) is 5.11 Å². The Hall–Kier alpha value is -1.45. The van der Waals surface area contributed by atoms with Gasteiger partial charge < -0.3 is 5.11 Å². The highest BCUT2D eigenvalue weighted by atomic mass is 19.1. The Morgan fingerprint density at radius 3 is 2.12 bits per heavy atom. The third-order valence-corrected chi connectivity index (χ3v) is 3.34. The van der Waals surface area contributed by atoms with Crippen LogP contribution < -0.4 is 0 Å². The van der Waals surface area contributed by atoms with Crippen molar-refractivity contribution in [2.45, 2.75) is 19.8 Å². The van der Waals surface area contributed by atoms with Gasteiger partial charge in [-0.2, -0.15) is 0 Å². The van der Waals surface area contributed by atoms with E-state index < -0.39 is 28.9 Å². The van der Waals surface area contributed by atoms with E-state index in [1.54, 1.807) is 13.8 Å². The van der Waals surface area contributed by atoms with Gasteiger partial charge in [0.05, 0.1) is 5.92 Å². The lowest BCUT2D eigenvalue weighted by Crippen LogP contribution is -2.03. The number of carbonyl (C=O) groups is 1. The van der Waals surface area contributed by atoms with Gasteiger partial charge in [0.15, 0.2) is 0 Å². The predicted octanol–water partition coefficient (Wildman–Crippen LogP) is 2.79. The molecule has 2 nitrogen and oxygen atoms in total. The van der Waals surface area contributed by atoms with Crippen molar-refractivity contribution in [1.29, 1.82) is 0 Å². The Morgan fingerprint density at radius 1 is 1.25 bits per heavy atom. The van der Waals surface area contributed by atoms with E-state index in [1.165, 1.54) is 12.1 Å². The normalized spacial score (nSPS) is 26.5. The second-order valence-electron chi connectivity index (χ2n) is 4.82. The zero-order valence-electron chi connectivity index (χ0n) is 9.00. The fraction of sp³-hybridized carbons (Fsp3) is 0.417. The topological polar surface area (TPSA) is 37.3 Å². The van der Waals surface area contributed by atoms with Crippen molar-refractivity contribution in [2.75, 3.05) is 0 Å². The average Bonchev–Trinajstić information content (AvgIpc) is 2.67. The summed E-state index contributed by atoms with van der Waals surface area (Å²) in [4.78, 5) is 10.9. The molecule has 1 saturated carbocycles. The molecular weight excluding hydrogens is 214 g/mol. The van der Waals surface area contributed by atoms with Gasteiger partial charge in [0, 0.05) is 12.0 Å². The predicted molar refractivity (Wildman–Crippen MR) is 54.0 cm³/mol. The Balaban J connectivity index is 2.37. The minimum Gasteiger partial charge on any atom is -0.481 e. The van der Waals surface area contributed by atoms with E-state index in [2.05, 4.69) is 0 Å². The third kappa shape index (κ3) is 1.58. The number of benzene rings is 1. The number of halogens is 2. The lowest BCUT2D eigenvalue weighted by molar-refractivity contribution is -0.139. The second kappa shape index (κ2) is 3.27. The monoisotopic (exact) mass is 226 g/mol. The highest BCUT2D eigenvalue weighted by molar-refractivity contribution is 5.77. The lowest BCUT2D eigenvalue weighted by Gasteiger charge is -2.03. The number of hydrogen-bond acceptors (Lipinski definition) is 1. The van der Waals surface area contributed by atoms with E-state index in [0.717, 1.165) is 6.07 Å². The molecule has 0 heterocycles. The highest BCUT2D eigenvalue weighted by Gasteiger charge is 2.62. The molecule has 0 aliphatic heterocycles. The van der Waals surface area contributed by atoms with Crippen LogP contribution in [-0.2, 0) is 4.79 Å². The van der Waals surface area contributed by atoms with E-state index in [0.29, 0.717) is 5.56 Å². The van der Waals surface area contributed by atoms with E-state index in [9.17, 15) is 13.6 Å². The van der Waals surface area contributed by atoms with Gasteiger partial charge >= 0.3 is 5.97 Å². The Bertz CT molecular complexity index is 434. The number of aliphatic carboxylic acids is 1. The smallest absolute Gasteiger partial charge is 0.307 e. The maximum atomic E-state index is 13.0. The Kier molecular flexibility index (Phi) is 2.26. The van der Waals surface area contributed by atoms with Crippen LogP contribution in [0.5, 0.6) is 0 Å². The van der Waals surface area contributed by atoms with Crippen LogP contribution >= 0.6 is 0 Å². The van der Waals surface area contributed by atoms with E-state index in [1.807, 2.05) is 0 Å². The largest absolute Gasteiger partial charge is 0.481 e. The molecule has 1 aromatic rings. The molecule has 2 atom stereocenters. The summed E-state index contributed by atoms with van der Waals surface area (Å²) < 4.78 is 26.0. The standard InChI is InChI=1S/C12H12F2O2/c1-12(2)9(10(12)11(15)16)6-3-7(13)5-8(14)4-6/h3-5,9-10H,1-2H3,(H,15,16). The number of carboxylic acid groups (broad SMARTS) is 1. The van der Waals surface area contributed by atoms with Crippen molar-refractivity contribution in [3.8, 4) is 0 Å². The molecule has 4 heteroatoms. The van der Waals surface area contributed by atoms with E-state index in [-0.39, 0.29) is 5.92 Å². The molecule has 86 valence electrons. The van der Waals surface area contributed by atoms with Gasteiger partial charge in [0.2, 0.25) is 0 Å². The number of hydrogen-bond donors (Lipinski definition) is 1. The molecule has 0 saturated heterocycles. The Labute approximate surface area is 91.9 Å². The summed E-state index contributed by atoms with van der Waals surface area (Å²) in [5, 5.41) is 8.97. The molecule has 0 aromatic heterocycles. The first-order chi connectivity index (χ1) is 7.34. The van der Waals surface area contributed by atoms with Gasteiger partial charge in [-0.05, 0) is 23.1 Å². The average molecular weight is 226 g/mol. The molecule has 1 N–H and O–H groups in total. The van der Waals surface area contributed by atoms with Crippen molar-refractivity contribution < 1.29 is 18.7 Å². The quantitative estimate of drug-likeness (QED) is 0.841. The second-order valence-corrected chi connectivity index (χ2v) is 4.82. The molecule has 1 fully saturated rings. The van der Waals surface area contributed by atoms with Crippen LogP contribution in [-0.4, -0.2) is 11.1 Å². The minimum absolute atomic E-state index is 0.310. The fourth-order valence-corrected chi connectivity index (χ4v) is 2.48. The van der Waals surface area contributed by atoms with Crippen LogP contribution in [0, 0.1) is 23.0 Å². The van der Waals surface area contributed by atoms with Crippen LogP contribution in [0.4, 0.5) is 8.78 Å². The molecule has 2 rings (SSSR count). The zero-order valence-corrected chi connectivity index (χ0v) is 9.00. The van der Waals surface area contributed by atoms with Gasteiger partial charge in [-0.1, -0.05) is 13.8 Å². The van der Waals surface area contributed by atoms with Gasteiger partial charge in [0.1, 0.15) is 11.6 Å². The molecule has 1 aromatic carbocycles. The number of rotatable bonds is 2. The molecule has 2 unspecified atom stereocenters. The molecular formula is C12H12F2O2. The van der Waals surface area contributed by atoms with Crippen molar-refractivity contribution >= 4 is 5.97 Å². The summed E-state index contributed by atoms with van der Waals surface area (Å²) in [5.41, 5.74) is -0.0126. The van der Waals surface area contributed by atoms with Crippen LogP contribution in [0.15, 0.2) is 18.2 Å². The molecule has 0 spiro atoms. The van der Waals surface area contributed by atoms with Gasteiger partial charge in [-0.25, -0.2) is 8.78 Å². The maximum absolute atomic E-state index is 13.0. The molecule has 0 amide bonds. The summed E-state index contributed by atoms with van der Waals surface area (Å²) >= 11 is 0. The molecule has 1 aliphatic carbocycles. The summed E-state index contributed by atoms with van der Waals surface area (Å²) in [6.45, 7) is 3.58. The van der Waals surface area contributed by atoms with Crippen molar-refractivity contribution in [3.63, 3.8) is 0 Å². The first kappa shape index (κ1) is 11.0.